The fourth-order valence-electron chi connectivity index (χ4n) is 2.29. The molecule has 0 amide bonds. The molecule has 1 aromatic rings. The second-order valence-corrected chi connectivity index (χ2v) is 7.10. The summed E-state index contributed by atoms with van der Waals surface area (Å²) in [6.07, 6.45) is 0.556. The van der Waals surface area contributed by atoms with E-state index in [-0.39, 0.29) is 42.4 Å². The van der Waals surface area contributed by atoms with Gasteiger partial charge >= 0.3 is 0 Å². The number of sulfone groups is 1. The van der Waals surface area contributed by atoms with E-state index < -0.39 is 9.84 Å². The van der Waals surface area contributed by atoms with Crippen molar-refractivity contribution >= 4 is 9.84 Å². The van der Waals surface area contributed by atoms with Crippen molar-refractivity contribution in [3.05, 3.63) is 30.1 Å². The summed E-state index contributed by atoms with van der Waals surface area (Å²) in [5.41, 5.74) is 0. The average Bonchev–Trinajstić information content (AvgIpc) is 2.71. The number of rotatable bonds is 5. The first-order valence-corrected chi connectivity index (χ1v) is 8.02. The molecule has 19 heavy (non-hydrogen) atoms. The molecular weight excluding hydrogens is 271 g/mol. The van der Waals surface area contributed by atoms with Crippen molar-refractivity contribution in [2.45, 2.75) is 6.42 Å². The van der Waals surface area contributed by atoms with Crippen LogP contribution in [0.4, 0.5) is 4.39 Å². The van der Waals surface area contributed by atoms with E-state index in [1.165, 1.54) is 12.1 Å². The van der Waals surface area contributed by atoms with Crippen LogP contribution >= 0.6 is 0 Å². The molecule has 1 fully saturated rings. The number of halogens is 1. The van der Waals surface area contributed by atoms with Gasteiger partial charge in [0.25, 0.3) is 0 Å². The van der Waals surface area contributed by atoms with Crippen LogP contribution < -0.4 is 4.74 Å². The fraction of sp³-hybridized carbons (Fsp3) is 0.538. The summed E-state index contributed by atoms with van der Waals surface area (Å²) in [6, 6.07) is 5.75. The van der Waals surface area contributed by atoms with E-state index in [9.17, 15) is 17.9 Å². The highest BCUT2D eigenvalue weighted by atomic mass is 32.2. The summed E-state index contributed by atoms with van der Waals surface area (Å²) in [5.74, 6) is -0.0383. The number of benzene rings is 1. The highest BCUT2D eigenvalue weighted by molar-refractivity contribution is 7.91. The molecule has 0 bridgehead atoms. The molecule has 106 valence electrons. The van der Waals surface area contributed by atoms with E-state index in [4.69, 9.17) is 4.74 Å². The average molecular weight is 288 g/mol. The Morgan fingerprint density at radius 2 is 2.26 bits per heavy atom. The summed E-state index contributed by atoms with van der Waals surface area (Å²) in [7, 11) is -2.97. The van der Waals surface area contributed by atoms with Gasteiger partial charge in [0, 0.05) is 18.6 Å². The van der Waals surface area contributed by atoms with Crippen LogP contribution in [0.5, 0.6) is 5.75 Å². The first kappa shape index (κ1) is 14.3. The molecule has 2 unspecified atom stereocenters. The number of aliphatic hydroxyl groups is 1. The van der Waals surface area contributed by atoms with E-state index in [2.05, 4.69) is 0 Å². The molecule has 1 aromatic carbocycles. The van der Waals surface area contributed by atoms with Gasteiger partial charge in [-0.15, -0.1) is 0 Å². The second kappa shape index (κ2) is 5.88. The van der Waals surface area contributed by atoms with Gasteiger partial charge in [-0.3, -0.25) is 0 Å². The zero-order chi connectivity index (χ0) is 13.9. The summed E-state index contributed by atoms with van der Waals surface area (Å²) < 4.78 is 41.2. The van der Waals surface area contributed by atoms with Crippen LogP contribution in [0.25, 0.3) is 0 Å². The van der Waals surface area contributed by atoms with Crippen molar-refractivity contribution in [3.63, 3.8) is 0 Å². The van der Waals surface area contributed by atoms with Crippen LogP contribution in [0.15, 0.2) is 24.3 Å². The van der Waals surface area contributed by atoms with Gasteiger partial charge in [0.2, 0.25) is 0 Å². The van der Waals surface area contributed by atoms with Gasteiger partial charge in [0.15, 0.2) is 9.84 Å². The molecule has 1 heterocycles. The van der Waals surface area contributed by atoms with E-state index in [0.717, 1.165) is 0 Å². The first-order valence-electron chi connectivity index (χ1n) is 6.20. The molecule has 4 nitrogen and oxygen atoms in total. The van der Waals surface area contributed by atoms with Crippen LogP contribution in [-0.2, 0) is 9.84 Å². The van der Waals surface area contributed by atoms with E-state index in [0.29, 0.717) is 12.2 Å². The number of hydrogen-bond donors (Lipinski definition) is 1. The summed E-state index contributed by atoms with van der Waals surface area (Å²) in [5, 5.41) is 9.34. The Hall–Kier alpha value is -1.14. The molecule has 2 atom stereocenters. The molecule has 0 saturated carbocycles. The van der Waals surface area contributed by atoms with Crippen molar-refractivity contribution in [1.29, 1.82) is 0 Å². The standard InChI is InChI=1S/C13H17FO4S/c14-12-2-1-3-13(6-12)18-8-11(7-15)10-4-5-19(16,17)9-10/h1-3,6,10-11,15H,4-5,7-9H2. The second-order valence-electron chi connectivity index (χ2n) is 4.87. The van der Waals surface area contributed by atoms with Crippen LogP contribution in [0.1, 0.15) is 6.42 Å². The maximum atomic E-state index is 13.0. The molecule has 0 radical (unpaired) electrons. The Kier molecular flexibility index (Phi) is 4.42. The lowest BCUT2D eigenvalue weighted by Crippen LogP contribution is -2.26. The summed E-state index contributed by atoms with van der Waals surface area (Å²) in [6.45, 7) is 0.0651. The largest absolute Gasteiger partial charge is 0.493 e. The predicted octanol–water partition coefficient (Wildman–Crippen LogP) is 1.25. The van der Waals surface area contributed by atoms with Crippen molar-refractivity contribution < 1.29 is 22.7 Å². The highest BCUT2D eigenvalue weighted by Crippen LogP contribution is 2.26. The smallest absolute Gasteiger partial charge is 0.150 e. The van der Waals surface area contributed by atoms with Crippen LogP contribution in [-0.4, -0.2) is 38.2 Å². The topological polar surface area (TPSA) is 63.6 Å². The summed E-state index contributed by atoms with van der Waals surface area (Å²) in [4.78, 5) is 0. The Bertz CT molecular complexity index is 529. The molecule has 1 N–H and O–H groups in total. The van der Waals surface area contributed by atoms with Gasteiger partial charge in [-0.2, -0.15) is 0 Å². The highest BCUT2D eigenvalue weighted by Gasteiger charge is 2.33. The molecule has 6 heteroatoms. The van der Waals surface area contributed by atoms with Crippen LogP contribution in [0.2, 0.25) is 0 Å². The van der Waals surface area contributed by atoms with Gasteiger partial charge in [-0.1, -0.05) is 6.07 Å². The molecule has 0 aromatic heterocycles. The lowest BCUT2D eigenvalue weighted by atomic mass is 9.93. The minimum absolute atomic E-state index is 0.0800. The van der Waals surface area contributed by atoms with Crippen molar-refractivity contribution in [2.24, 2.45) is 11.8 Å². The third-order valence-corrected chi connectivity index (χ3v) is 5.22. The molecule has 1 aliphatic heterocycles. The van der Waals surface area contributed by atoms with Crippen LogP contribution in [0, 0.1) is 17.7 Å². The zero-order valence-electron chi connectivity index (χ0n) is 10.5. The van der Waals surface area contributed by atoms with Gasteiger partial charge < -0.3 is 9.84 Å². The maximum absolute atomic E-state index is 13.0. The van der Waals surface area contributed by atoms with Gasteiger partial charge in [0.05, 0.1) is 18.1 Å². The third-order valence-electron chi connectivity index (χ3n) is 3.43. The van der Waals surface area contributed by atoms with E-state index in [1.54, 1.807) is 12.1 Å². The quantitative estimate of drug-likeness (QED) is 0.885. The maximum Gasteiger partial charge on any atom is 0.150 e. The number of hydrogen-bond acceptors (Lipinski definition) is 4. The van der Waals surface area contributed by atoms with Crippen molar-refractivity contribution in [2.75, 3.05) is 24.7 Å². The van der Waals surface area contributed by atoms with E-state index in [1.807, 2.05) is 0 Å². The first-order chi connectivity index (χ1) is 9.00. The predicted molar refractivity (Wildman–Crippen MR) is 69.2 cm³/mol. The number of ether oxygens (including phenoxy) is 1. The zero-order valence-corrected chi connectivity index (χ0v) is 11.3. The Balaban J connectivity index is 1.93. The lowest BCUT2D eigenvalue weighted by Gasteiger charge is -2.20. The van der Waals surface area contributed by atoms with Crippen LogP contribution in [0.3, 0.4) is 0 Å². The molecule has 0 aliphatic carbocycles. The van der Waals surface area contributed by atoms with E-state index >= 15 is 0 Å². The molecule has 1 aliphatic rings. The minimum atomic E-state index is -2.97. The lowest BCUT2D eigenvalue weighted by molar-refractivity contribution is 0.126. The van der Waals surface area contributed by atoms with Crippen molar-refractivity contribution in [3.8, 4) is 5.75 Å². The minimum Gasteiger partial charge on any atom is -0.493 e. The summed E-state index contributed by atoms with van der Waals surface area (Å²) >= 11 is 0. The molecule has 1 saturated heterocycles. The van der Waals surface area contributed by atoms with Gasteiger partial charge in [0.1, 0.15) is 11.6 Å². The molecular formula is C13H17FO4S. The van der Waals surface area contributed by atoms with Gasteiger partial charge in [-0.05, 0) is 24.5 Å². The normalized spacial score (nSPS) is 23.2. The third kappa shape index (κ3) is 3.91. The Morgan fingerprint density at radius 3 is 2.84 bits per heavy atom. The monoisotopic (exact) mass is 288 g/mol. The van der Waals surface area contributed by atoms with Gasteiger partial charge in [-0.25, -0.2) is 12.8 Å². The Morgan fingerprint density at radius 1 is 1.47 bits per heavy atom. The van der Waals surface area contributed by atoms with Crippen molar-refractivity contribution in [1.82, 2.24) is 0 Å². The molecule has 0 spiro atoms. The number of aliphatic hydroxyl groups excluding tert-OH is 1. The fourth-order valence-corrected chi connectivity index (χ4v) is 4.21. The SMILES string of the molecule is O=S1(=O)CCC(C(CO)COc2cccc(F)c2)C1. The Labute approximate surface area is 112 Å². The molecule has 2 rings (SSSR count).